The zero-order valence-electron chi connectivity index (χ0n) is 29.1. The molecule has 0 saturated heterocycles. The molecule has 0 fully saturated rings. The minimum Gasteiger partial charge on any atom is -0.207 e. The largest absolute Gasteiger partial charge is 0.207 e. The Balaban J connectivity index is 1.41. The highest BCUT2D eigenvalue weighted by molar-refractivity contribution is 6.82. The average Bonchev–Trinajstić information content (AvgIpc) is 3.09. The summed E-state index contributed by atoms with van der Waals surface area (Å²) in [4.78, 5) is 0. The molecule has 6 aromatic rings. The van der Waals surface area contributed by atoms with Gasteiger partial charge in [0.2, 0.25) is 0 Å². The SMILES string of the molecule is CC(C)(C)[Si](C)(C)C(c1ccc(C(c2ccc(F)cc2)c2ccc(F)cc2)cc1)c1ccc(C(c2ccc(F)cc2)c2ccc(F)cc2)cc1. The first-order valence-electron chi connectivity index (χ1n) is 17.0. The van der Waals surface area contributed by atoms with Crippen LogP contribution in [0.1, 0.15) is 82.7 Å². The lowest BCUT2D eigenvalue weighted by atomic mass is 9.84. The molecule has 0 aliphatic carbocycles. The summed E-state index contributed by atoms with van der Waals surface area (Å²) in [5.74, 6) is -1.58. The van der Waals surface area contributed by atoms with E-state index in [0.29, 0.717) is 0 Å². The van der Waals surface area contributed by atoms with Gasteiger partial charge in [-0.2, -0.15) is 0 Å². The van der Waals surface area contributed by atoms with Crippen molar-refractivity contribution in [2.45, 2.75) is 56.3 Å². The third-order valence-corrected chi connectivity index (χ3v) is 16.7. The van der Waals surface area contributed by atoms with Crippen LogP contribution in [0, 0.1) is 23.3 Å². The molecule has 0 aliphatic heterocycles. The monoisotopic (exact) mass is 686 g/mol. The normalized spacial score (nSPS) is 12.2. The summed E-state index contributed by atoms with van der Waals surface area (Å²) in [6, 6.07) is 43.6. The molecule has 0 amide bonds. The van der Waals surface area contributed by atoms with Crippen molar-refractivity contribution in [2.24, 2.45) is 0 Å². The molecule has 0 heterocycles. The fraction of sp³-hybridized carbons (Fsp3) is 0.200. The molecule has 0 nitrogen and oxygen atoms in total. The number of rotatable bonds is 9. The molecule has 0 radical (unpaired) electrons. The van der Waals surface area contributed by atoms with E-state index in [-0.39, 0.29) is 45.7 Å². The molecule has 0 atom stereocenters. The van der Waals surface area contributed by atoms with Crippen molar-refractivity contribution in [3.8, 4) is 0 Å². The van der Waals surface area contributed by atoms with E-state index in [9.17, 15) is 17.6 Å². The molecule has 0 bridgehead atoms. The maximum absolute atomic E-state index is 13.9. The third kappa shape index (κ3) is 7.39. The Morgan fingerprint density at radius 1 is 0.340 bits per heavy atom. The lowest BCUT2D eigenvalue weighted by molar-refractivity contribution is 0.625. The van der Waals surface area contributed by atoms with Crippen LogP contribution >= 0.6 is 0 Å². The summed E-state index contributed by atoms with van der Waals surface area (Å²) in [5, 5.41) is 0.0739. The second-order valence-corrected chi connectivity index (χ2v) is 20.3. The number of halogens is 4. The van der Waals surface area contributed by atoms with Gasteiger partial charge in [-0.3, -0.25) is 0 Å². The van der Waals surface area contributed by atoms with Crippen LogP contribution in [0.25, 0.3) is 0 Å². The van der Waals surface area contributed by atoms with Gasteiger partial charge in [0.1, 0.15) is 23.3 Å². The van der Waals surface area contributed by atoms with Gasteiger partial charge in [0.15, 0.2) is 0 Å². The number of hydrogen-bond donors (Lipinski definition) is 0. The fourth-order valence-electron chi connectivity index (χ4n) is 7.00. The van der Waals surface area contributed by atoms with E-state index in [2.05, 4.69) is 82.4 Å². The fourth-order valence-corrected chi connectivity index (χ4v) is 9.91. The predicted octanol–water partition coefficient (Wildman–Crippen LogP) is 12.8. The Labute approximate surface area is 294 Å². The lowest BCUT2D eigenvalue weighted by Crippen LogP contribution is -2.44. The first-order chi connectivity index (χ1) is 23.8. The molecule has 50 heavy (non-hydrogen) atoms. The van der Waals surface area contributed by atoms with Gasteiger partial charge in [-0.15, -0.1) is 0 Å². The smallest absolute Gasteiger partial charge is 0.123 e. The van der Waals surface area contributed by atoms with Crippen molar-refractivity contribution in [3.63, 3.8) is 0 Å². The number of benzene rings is 6. The number of hydrogen-bond acceptors (Lipinski definition) is 0. The molecule has 0 saturated carbocycles. The summed E-state index contributed by atoms with van der Waals surface area (Å²) in [6.07, 6.45) is 0. The quantitative estimate of drug-likeness (QED) is 0.0807. The van der Waals surface area contributed by atoms with E-state index >= 15 is 0 Å². The summed E-state index contributed by atoms with van der Waals surface area (Å²) in [6.45, 7) is 11.9. The van der Waals surface area contributed by atoms with E-state index in [1.54, 1.807) is 48.5 Å². The molecule has 254 valence electrons. The Kier molecular flexibility index (Phi) is 10.00. The molecular formula is C45H42F4Si. The van der Waals surface area contributed by atoms with Crippen LogP contribution in [0.5, 0.6) is 0 Å². The molecule has 0 aromatic heterocycles. The lowest BCUT2D eigenvalue weighted by Gasteiger charge is -2.44. The van der Waals surface area contributed by atoms with Gasteiger partial charge in [0.05, 0.1) is 8.07 Å². The summed E-state index contributed by atoms with van der Waals surface area (Å²) >= 11 is 0. The maximum Gasteiger partial charge on any atom is 0.123 e. The van der Waals surface area contributed by atoms with E-state index in [1.165, 1.54) is 59.7 Å². The third-order valence-electron chi connectivity index (χ3n) is 10.7. The second-order valence-electron chi connectivity index (χ2n) is 14.8. The van der Waals surface area contributed by atoms with E-state index < -0.39 is 8.07 Å². The van der Waals surface area contributed by atoms with Gasteiger partial charge < -0.3 is 0 Å². The van der Waals surface area contributed by atoms with E-state index in [0.717, 1.165) is 33.4 Å². The van der Waals surface area contributed by atoms with Crippen molar-refractivity contribution < 1.29 is 17.6 Å². The second kappa shape index (κ2) is 14.2. The Bertz CT molecular complexity index is 1780. The standard InChI is InChI=1S/C45H42F4Si/c1-45(2,3)50(4,5)44(36-10-6-30(7-11-36)42(32-14-22-38(46)23-15-32)33-16-24-39(47)25-17-33)37-12-8-31(9-13-37)43(34-18-26-40(48)27-19-34)35-20-28-41(49)29-21-35/h6-29,42-44H,1-5H3. The Morgan fingerprint density at radius 3 is 0.720 bits per heavy atom. The minimum absolute atomic E-state index is 0.0739. The zero-order chi connectivity index (χ0) is 35.6. The summed E-state index contributed by atoms with van der Waals surface area (Å²) in [5.41, 5.74) is 8.40. The Morgan fingerprint density at radius 2 is 0.520 bits per heavy atom. The molecule has 0 aliphatic rings. The van der Waals surface area contributed by atoms with Crippen LogP contribution < -0.4 is 0 Å². The molecule has 6 aromatic carbocycles. The molecule has 6 rings (SSSR count). The van der Waals surface area contributed by atoms with Crippen LogP contribution in [0.3, 0.4) is 0 Å². The van der Waals surface area contributed by atoms with Gasteiger partial charge in [-0.25, -0.2) is 17.6 Å². The first-order valence-corrected chi connectivity index (χ1v) is 20.1. The molecule has 0 spiro atoms. The summed E-state index contributed by atoms with van der Waals surface area (Å²) in [7, 11) is -2.05. The minimum atomic E-state index is -2.05. The van der Waals surface area contributed by atoms with Gasteiger partial charge in [0.25, 0.3) is 0 Å². The highest BCUT2D eigenvalue weighted by Gasteiger charge is 2.43. The average molecular weight is 687 g/mol. The first kappa shape index (κ1) is 35.1. The van der Waals surface area contributed by atoms with Gasteiger partial charge in [-0.1, -0.05) is 131 Å². The van der Waals surface area contributed by atoms with Gasteiger partial charge in [0, 0.05) is 17.4 Å². The maximum atomic E-state index is 13.9. The molecule has 5 heteroatoms. The van der Waals surface area contributed by atoms with Gasteiger partial charge in [-0.05, 0) is 98.1 Å². The van der Waals surface area contributed by atoms with Crippen LogP contribution in [-0.2, 0) is 0 Å². The zero-order valence-corrected chi connectivity index (χ0v) is 30.1. The van der Waals surface area contributed by atoms with Crippen molar-refractivity contribution in [1.82, 2.24) is 0 Å². The van der Waals surface area contributed by atoms with E-state index in [1.807, 2.05) is 0 Å². The van der Waals surface area contributed by atoms with E-state index in [4.69, 9.17) is 0 Å². The van der Waals surface area contributed by atoms with Crippen molar-refractivity contribution >= 4 is 8.07 Å². The topological polar surface area (TPSA) is 0 Å². The highest BCUT2D eigenvalue weighted by atomic mass is 28.3. The van der Waals surface area contributed by atoms with Crippen molar-refractivity contribution in [1.29, 1.82) is 0 Å². The van der Waals surface area contributed by atoms with Crippen molar-refractivity contribution in [3.05, 3.63) is 213 Å². The molecule has 0 N–H and O–H groups in total. The molecule has 0 unspecified atom stereocenters. The molecular weight excluding hydrogens is 645 g/mol. The Hall–Kier alpha value is -4.74. The van der Waals surface area contributed by atoms with Crippen molar-refractivity contribution in [2.75, 3.05) is 0 Å². The summed E-state index contributed by atoms with van der Waals surface area (Å²) < 4.78 is 55.7. The highest BCUT2D eigenvalue weighted by Crippen LogP contribution is 2.48. The van der Waals surface area contributed by atoms with Gasteiger partial charge >= 0.3 is 0 Å². The van der Waals surface area contributed by atoms with Crippen LogP contribution in [0.2, 0.25) is 18.1 Å². The van der Waals surface area contributed by atoms with Crippen LogP contribution in [0.4, 0.5) is 17.6 Å². The van der Waals surface area contributed by atoms with Crippen LogP contribution in [-0.4, -0.2) is 8.07 Å². The van der Waals surface area contributed by atoms with Crippen LogP contribution in [0.15, 0.2) is 146 Å². The predicted molar refractivity (Wildman–Crippen MR) is 199 cm³/mol.